The predicted molar refractivity (Wildman–Crippen MR) is 79.5 cm³/mol. The summed E-state index contributed by atoms with van der Waals surface area (Å²) in [6, 6.07) is 9.01. The molecule has 0 spiro atoms. The molecule has 0 unspecified atom stereocenters. The van der Waals surface area contributed by atoms with Crippen LogP contribution in [0.25, 0.3) is 0 Å². The fourth-order valence-electron chi connectivity index (χ4n) is 2.12. The summed E-state index contributed by atoms with van der Waals surface area (Å²) in [4.78, 5) is 2.44. The maximum Gasteiger partial charge on any atom is 0.124 e. The first-order valence-corrected chi connectivity index (χ1v) is 7.04. The Morgan fingerprint density at radius 3 is 2.95 bits per heavy atom. The number of benzene rings is 1. The Kier molecular flexibility index (Phi) is 5.43. The number of likely N-dealkylation sites (N-methyl/N-ethyl adjacent to an activating group) is 1. The van der Waals surface area contributed by atoms with Crippen molar-refractivity contribution in [3.8, 4) is 5.75 Å². The van der Waals surface area contributed by atoms with Gasteiger partial charge in [0.25, 0.3) is 0 Å². The topological polar surface area (TPSA) is 24.5 Å². The molecule has 3 nitrogen and oxygen atoms in total. The molecule has 1 aliphatic carbocycles. The summed E-state index contributed by atoms with van der Waals surface area (Å²) < 4.78 is 5.64. The highest BCUT2D eigenvalue weighted by atomic mass is 16.5. The van der Waals surface area contributed by atoms with Crippen molar-refractivity contribution in [3.63, 3.8) is 0 Å². The number of hydrogen-bond donors (Lipinski definition) is 1. The van der Waals surface area contributed by atoms with Crippen LogP contribution in [0.15, 0.2) is 36.9 Å². The highest BCUT2D eigenvalue weighted by Gasteiger charge is 2.25. The Bertz CT molecular complexity index is 401. The number of nitrogens with zero attached hydrogens (tertiary/aromatic N) is 1. The minimum Gasteiger partial charge on any atom is -0.489 e. The summed E-state index contributed by atoms with van der Waals surface area (Å²) in [6.07, 6.45) is 4.51. The number of rotatable bonds is 9. The third-order valence-corrected chi connectivity index (χ3v) is 3.46. The standard InChI is InChI=1S/C16H24N2O/c1-3-12-19-16-7-5-4-6-14(16)13-17-10-11-18(2)15-8-9-15/h3-7,15,17H,1,8-13H2,2H3. The van der Waals surface area contributed by atoms with Crippen LogP contribution < -0.4 is 10.1 Å². The van der Waals surface area contributed by atoms with E-state index in [-0.39, 0.29) is 0 Å². The van der Waals surface area contributed by atoms with E-state index in [1.165, 1.54) is 18.4 Å². The van der Waals surface area contributed by atoms with Gasteiger partial charge in [-0.3, -0.25) is 0 Å². The second-order valence-corrected chi connectivity index (χ2v) is 5.10. The zero-order valence-corrected chi connectivity index (χ0v) is 11.8. The molecule has 1 N–H and O–H groups in total. The largest absolute Gasteiger partial charge is 0.489 e. The number of hydrogen-bond acceptors (Lipinski definition) is 3. The van der Waals surface area contributed by atoms with E-state index in [9.17, 15) is 0 Å². The van der Waals surface area contributed by atoms with Crippen LogP contribution in [0, 0.1) is 0 Å². The van der Waals surface area contributed by atoms with E-state index in [4.69, 9.17) is 4.74 Å². The first-order valence-electron chi connectivity index (χ1n) is 7.04. The number of nitrogens with one attached hydrogen (secondary N) is 1. The monoisotopic (exact) mass is 260 g/mol. The van der Waals surface area contributed by atoms with Crippen molar-refractivity contribution in [2.24, 2.45) is 0 Å². The van der Waals surface area contributed by atoms with Crippen LogP contribution in [0.4, 0.5) is 0 Å². The molecule has 0 radical (unpaired) electrons. The van der Waals surface area contributed by atoms with E-state index in [0.717, 1.165) is 31.4 Å². The van der Waals surface area contributed by atoms with Gasteiger partial charge in [-0.1, -0.05) is 30.9 Å². The molecule has 0 aromatic heterocycles. The summed E-state index contributed by atoms with van der Waals surface area (Å²) in [5.41, 5.74) is 1.21. The highest BCUT2D eigenvalue weighted by Crippen LogP contribution is 2.24. The van der Waals surface area contributed by atoms with Gasteiger partial charge in [0.05, 0.1) is 0 Å². The van der Waals surface area contributed by atoms with Crippen molar-refractivity contribution in [2.75, 3.05) is 26.7 Å². The number of ether oxygens (including phenoxy) is 1. The van der Waals surface area contributed by atoms with Crippen LogP contribution in [0.5, 0.6) is 5.75 Å². The summed E-state index contributed by atoms with van der Waals surface area (Å²) in [6.45, 7) is 7.21. The first kappa shape index (κ1) is 14.1. The number of para-hydroxylation sites is 1. The van der Waals surface area contributed by atoms with Gasteiger partial charge in [-0.05, 0) is 26.0 Å². The van der Waals surface area contributed by atoms with Crippen molar-refractivity contribution in [1.29, 1.82) is 0 Å². The third kappa shape index (κ3) is 4.69. The molecular weight excluding hydrogens is 236 g/mol. The Balaban J connectivity index is 1.73. The molecule has 0 heterocycles. The lowest BCUT2D eigenvalue weighted by Crippen LogP contribution is -2.30. The van der Waals surface area contributed by atoms with E-state index in [1.807, 2.05) is 18.2 Å². The average molecular weight is 260 g/mol. The molecule has 1 aliphatic rings. The highest BCUT2D eigenvalue weighted by molar-refractivity contribution is 5.33. The van der Waals surface area contributed by atoms with Gasteiger partial charge in [-0.15, -0.1) is 0 Å². The molecule has 0 amide bonds. The average Bonchev–Trinajstić information content (AvgIpc) is 3.26. The van der Waals surface area contributed by atoms with Crippen LogP contribution in [0.2, 0.25) is 0 Å². The zero-order valence-electron chi connectivity index (χ0n) is 11.8. The summed E-state index contributed by atoms with van der Waals surface area (Å²) in [5, 5.41) is 3.48. The predicted octanol–water partition coefficient (Wildman–Crippen LogP) is 2.44. The zero-order chi connectivity index (χ0) is 13.5. The molecule has 1 aromatic rings. The van der Waals surface area contributed by atoms with Gasteiger partial charge in [0.1, 0.15) is 12.4 Å². The van der Waals surface area contributed by atoms with E-state index in [2.05, 4.69) is 29.9 Å². The molecule has 1 aromatic carbocycles. The molecule has 104 valence electrons. The van der Waals surface area contributed by atoms with E-state index < -0.39 is 0 Å². The van der Waals surface area contributed by atoms with Gasteiger partial charge < -0.3 is 15.0 Å². The summed E-state index contributed by atoms with van der Waals surface area (Å²) in [7, 11) is 2.21. The van der Waals surface area contributed by atoms with Crippen molar-refractivity contribution in [1.82, 2.24) is 10.2 Å². The molecule has 2 rings (SSSR count). The first-order chi connectivity index (χ1) is 9.31. The normalized spacial score (nSPS) is 14.6. The Labute approximate surface area is 116 Å². The molecule has 19 heavy (non-hydrogen) atoms. The van der Waals surface area contributed by atoms with Gasteiger partial charge in [-0.2, -0.15) is 0 Å². The second kappa shape index (κ2) is 7.31. The molecule has 0 bridgehead atoms. The lowest BCUT2D eigenvalue weighted by molar-refractivity contribution is 0.320. The van der Waals surface area contributed by atoms with Crippen LogP contribution in [-0.2, 0) is 6.54 Å². The minimum absolute atomic E-state index is 0.557. The van der Waals surface area contributed by atoms with Crippen molar-refractivity contribution >= 4 is 0 Å². The molecule has 0 aliphatic heterocycles. The third-order valence-electron chi connectivity index (χ3n) is 3.46. The summed E-state index contributed by atoms with van der Waals surface area (Å²) >= 11 is 0. The van der Waals surface area contributed by atoms with Crippen LogP contribution in [0.1, 0.15) is 18.4 Å². The second-order valence-electron chi connectivity index (χ2n) is 5.10. The Hall–Kier alpha value is -1.32. The maximum absolute atomic E-state index is 5.64. The van der Waals surface area contributed by atoms with Crippen LogP contribution >= 0.6 is 0 Å². The molecule has 0 atom stereocenters. The minimum atomic E-state index is 0.557. The van der Waals surface area contributed by atoms with Crippen LogP contribution in [-0.4, -0.2) is 37.7 Å². The van der Waals surface area contributed by atoms with Crippen molar-refractivity contribution in [2.45, 2.75) is 25.4 Å². The fraction of sp³-hybridized carbons (Fsp3) is 0.500. The van der Waals surface area contributed by atoms with Gasteiger partial charge in [0, 0.05) is 31.2 Å². The summed E-state index contributed by atoms with van der Waals surface area (Å²) in [5.74, 6) is 0.949. The van der Waals surface area contributed by atoms with Gasteiger partial charge >= 0.3 is 0 Å². The lowest BCUT2D eigenvalue weighted by Gasteiger charge is -2.16. The maximum atomic E-state index is 5.64. The quantitative estimate of drug-likeness (QED) is 0.545. The van der Waals surface area contributed by atoms with Crippen molar-refractivity contribution in [3.05, 3.63) is 42.5 Å². The molecule has 1 fully saturated rings. The Morgan fingerprint density at radius 1 is 1.42 bits per heavy atom. The van der Waals surface area contributed by atoms with Gasteiger partial charge in [-0.25, -0.2) is 0 Å². The smallest absolute Gasteiger partial charge is 0.124 e. The SMILES string of the molecule is C=CCOc1ccccc1CNCCN(C)C1CC1. The Morgan fingerprint density at radius 2 is 2.21 bits per heavy atom. The molecule has 3 heteroatoms. The van der Waals surface area contributed by atoms with Crippen molar-refractivity contribution < 1.29 is 4.74 Å². The van der Waals surface area contributed by atoms with Gasteiger partial charge in [0.2, 0.25) is 0 Å². The van der Waals surface area contributed by atoms with Crippen LogP contribution in [0.3, 0.4) is 0 Å². The molecular formula is C16H24N2O. The lowest BCUT2D eigenvalue weighted by atomic mass is 10.2. The van der Waals surface area contributed by atoms with E-state index >= 15 is 0 Å². The van der Waals surface area contributed by atoms with E-state index in [1.54, 1.807) is 6.08 Å². The molecule has 0 saturated heterocycles. The van der Waals surface area contributed by atoms with Gasteiger partial charge in [0.15, 0.2) is 0 Å². The molecule has 1 saturated carbocycles. The van der Waals surface area contributed by atoms with E-state index in [0.29, 0.717) is 6.61 Å². The fourth-order valence-corrected chi connectivity index (χ4v) is 2.12.